The number of halogens is 1. The standard InChI is InChI=1S/C15H29ClN2O4/c1-14(2)12-17(13(19)15(3,4)18(14)16)6-7-21-10-11-22-9-8-20-5/h6-12H2,1-5H3. The maximum absolute atomic E-state index is 12.5. The summed E-state index contributed by atoms with van der Waals surface area (Å²) in [6.07, 6.45) is 0. The van der Waals surface area contributed by atoms with Crippen LogP contribution in [-0.2, 0) is 19.0 Å². The van der Waals surface area contributed by atoms with Gasteiger partial charge in [0.1, 0.15) is 5.54 Å². The largest absolute Gasteiger partial charge is 0.382 e. The van der Waals surface area contributed by atoms with Crippen LogP contribution in [0.3, 0.4) is 0 Å². The number of ether oxygens (including phenoxy) is 3. The van der Waals surface area contributed by atoms with Gasteiger partial charge in [0.05, 0.1) is 33.0 Å². The van der Waals surface area contributed by atoms with Crippen molar-refractivity contribution >= 4 is 17.7 Å². The van der Waals surface area contributed by atoms with Crippen LogP contribution in [0.4, 0.5) is 0 Å². The predicted molar refractivity (Wildman–Crippen MR) is 85.9 cm³/mol. The van der Waals surface area contributed by atoms with Gasteiger partial charge in [-0.15, -0.1) is 0 Å². The van der Waals surface area contributed by atoms with Crippen LogP contribution in [0.1, 0.15) is 27.7 Å². The first kappa shape index (κ1) is 19.6. The van der Waals surface area contributed by atoms with E-state index in [1.807, 2.05) is 32.6 Å². The lowest BCUT2D eigenvalue weighted by atomic mass is 9.90. The molecule has 6 nitrogen and oxygen atoms in total. The molecule has 1 saturated heterocycles. The van der Waals surface area contributed by atoms with E-state index < -0.39 is 5.54 Å². The van der Waals surface area contributed by atoms with Gasteiger partial charge in [0.2, 0.25) is 5.91 Å². The number of nitrogens with zero attached hydrogens (tertiary/aromatic N) is 2. The third kappa shape index (κ3) is 5.06. The van der Waals surface area contributed by atoms with Crippen LogP contribution in [0.25, 0.3) is 0 Å². The molecule has 0 saturated carbocycles. The second-order valence-corrected chi connectivity index (χ2v) is 6.93. The predicted octanol–water partition coefficient (Wildman–Crippen LogP) is 1.52. The van der Waals surface area contributed by atoms with E-state index in [0.29, 0.717) is 46.1 Å². The number of carbonyl (C=O) groups is 1. The van der Waals surface area contributed by atoms with Gasteiger partial charge in [0.25, 0.3) is 0 Å². The van der Waals surface area contributed by atoms with Crippen LogP contribution < -0.4 is 0 Å². The first-order chi connectivity index (χ1) is 10.2. The highest BCUT2D eigenvalue weighted by Crippen LogP contribution is 2.34. The Balaban J connectivity index is 2.32. The second kappa shape index (κ2) is 8.45. The summed E-state index contributed by atoms with van der Waals surface area (Å²) in [5.41, 5.74) is -0.991. The van der Waals surface area contributed by atoms with Crippen molar-refractivity contribution in [1.82, 2.24) is 9.32 Å². The molecule has 1 aliphatic heterocycles. The molecule has 1 fully saturated rings. The van der Waals surface area contributed by atoms with Gasteiger partial charge in [-0.1, -0.05) is 0 Å². The van der Waals surface area contributed by atoms with Gasteiger partial charge in [0.15, 0.2) is 0 Å². The molecule has 1 rings (SSSR count). The van der Waals surface area contributed by atoms with Crippen molar-refractivity contribution in [3.63, 3.8) is 0 Å². The van der Waals surface area contributed by atoms with Crippen molar-refractivity contribution in [3.05, 3.63) is 0 Å². The van der Waals surface area contributed by atoms with Crippen molar-refractivity contribution in [1.29, 1.82) is 0 Å². The van der Waals surface area contributed by atoms with Crippen LogP contribution in [0.5, 0.6) is 0 Å². The molecule has 7 heteroatoms. The van der Waals surface area contributed by atoms with E-state index in [9.17, 15) is 4.79 Å². The molecule has 1 heterocycles. The Morgan fingerprint density at radius 2 is 1.59 bits per heavy atom. The van der Waals surface area contributed by atoms with E-state index in [-0.39, 0.29) is 11.4 Å². The molecule has 1 aliphatic rings. The zero-order valence-corrected chi connectivity index (χ0v) is 15.1. The Morgan fingerprint density at radius 1 is 1.05 bits per heavy atom. The van der Waals surface area contributed by atoms with Crippen LogP contribution in [0, 0.1) is 0 Å². The highest BCUT2D eigenvalue weighted by Gasteiger charge is 2.49. The number of carbonyl (C=O) groups excluding carboxylic acids is 1. The third-order valence-corrected chi connectivity index (χ3v) is 4.60. The van der Waals surface area contributed by atoms with Crippen LogP contribution >= 0.6 is 11.8 Å². The summed E-state index contributed by atoms with van der Waals surface area (Å²) in [6.45, 7) is 11.6. The Hall–Kier alpha value is -0.400. The Kier molecular flexibility index (Phi) is 7.55. The molecule has 0 aromatic rings. The highest BCUT2D eigenvalue weighted by molar-refractivity contribution is 6.16. The fraction of sp³-hybridized carbons (Fsp3) is 0.933. The van der Waals surface area contributed by atoms with Crippen molar-refractivity contribution in [3.8, 4) is 0 Å². The molecule has 22 heavy (non-hydrogen) atoms. The van der Waals surface area contributed by atoms with Gasteiger partial charge in [-0.25, -0.2) is 0 Å². The normalized spacial score (nSPS) is 21.4. The minimum atomic E-state index is -0.716. The van der Waals surface area contributed by atoms with Crippen LogP contribution in [0.15, 0.2) is 0 Å². The smallest absolute Gasteiger partial charge is 0.243 e. The van der Waals surface area contributed by atoms with Gasteiger partial charge < -0.3 is 19.1 Å². The molecule has 0 bridgehead atoms. The van der Waals surface area contributed by atoms with E-state index in [0.717, 1.165) is 0 Å². The van der Waals surface area contributed by atoms with E-state index in [2.05, 4.69) is 0 Å². The van der Waals surface area contributed by atoms with E-state index >= 15 is 0 Å². The highest BCUT2D eigenvalue weighted by atomic mass is 35.5. The van der Waals surface area contributed by atoms with Crippen molar-refractivity contribution in [2.24, 2.45) is 0 Å². The van der Waals surface area contributed by atoms with Gasteiger partial charge >= 0.3 is 0 Å². The lowest BCUT2D eigenvalue weighted by Crippen LogP contribution is -2.68. The molecule has 0 aromatic carbocycles. The number of rotatable bonds is 9. The first-order valence-electron chi connectivity index (χ1n) is 7.63. The molecule has 0 aliphatic carbocycles. The maximum Gasteiger partial charge on any atom is 0.243 e. The summed E-state index contributed by atoms with van der Waals surface area (Å²) in [5, 5.41) is 0. The van der Waals surface area contributed by atoms with E-state index in [4.69, 9.17) is 26.0 Å². The summed E-state index contributed by atoms with van der Waals surface area (Å²) in [5.74, 6) is 0.0294. The molecular formula is C15H29ClN2O4. The van der Waals surface area contributed by atoms with Crippen molar-refractivity contribution in [2.75, 3.05) is 53.2 Å². The average Bonchev–Trinajstić information content (AvgIpc) is 2.45. The summed E-state index contributed by atoms with van der Waals surface area (Å²) >= 11 is 6.33. The van der Waals surface area contributed by atoms with Crippen LogP contribution in [0.2, 0.25) is 0 Å². The Labute approximate surface area is 138 Å². The minimum absolute atomic E-state index is 0.0294. The monoisotopic (exact) mass is 336 g/mol. The molecule has 0 aromatic heterocycles. The van der Waals surface area contributed by atoms with Gasteiger partial charge in [-0.3, -0.25) is 4.79 Å². The average molecular weight is 337 g/mol. The van der Waals surface area contributed by atoms with Crippen molar-refractivity contribution in [2.45, 2.75) is 38.8 Å². The molecular weight excluding hydrogens is 308 g/mol. The second-order valence-electron chi connectivity index (χ2n) is 6.60. The quantitative estimate of drug-likeness (QED) is 0.472. The van der Waals surface area contributed by atoms with Gasteiger partial charge in [0, 0.05) is 25.7 Å². The van der Waals surface area contributed by atoms with E-state index in [1.54, 1.807) is 11.5 Å². The Bertz CT molecular complexity index is 363. The third-order valence-electron chi connectivity index (χ3n) is 3.72. The SMILES string of the molecule is COCCOCCOCCN1CC(C)(C)N(Cl)C(C)(C)C1=O. The molecule has 0 N–H and O–H groups in total. The fourth-order valence-electron chi connectivity index (χ4n) is 2.65. The number of piperazine rings is 1. The fourth-order valence-corrected chi connectivity index (χ4v) is 2.77. The molecule has 130 valence electrons. The van der Waals surface area contributed by atoms with E-state index in [1.165, 1.54) is 0 Å². The number of methoxy groups -OCH3 is 1. The van der Waals surface area contributed by atoms with Crippen LogP contribution in [-0.4, -0.2) is 79.5 Å². The zero-order valence-electron chi connectivity index (χ0n) is 14.4. The Morgan fingerprint density at radius 3 is 2.18 bits per heavy atom. The molecule has 1 amide bonds. The zero-order chi connectivity index (χ0) is 16.8. The summed E-state index contributed by atoms with van der Waals surface area (Å²) in [7, 11) is 1.64. The minimum Gasteiger partial charge on any atom is -0.382 e. The number of amides is 1. The lowest BCUT2D eigenvalue weighted by Gasteiger charge is -2.51. The first-order valence-corrected chi connectivity index (χ1v) is 7.97. The lowest BCUT2D eigenvalue weighted by molar-refractivity contribution is -0.152. The molecule has 0 atom stereocenters. The van der Waals surface area contributed by atoms with Gasteiger partial charge in [-0.05, 0) is 39.5 Å². The summed E-state index contributed by atoms with van der Waals surface area (Å²) < 4.78 is 17.3. The number of hydrogen-bond donors (Lipinski definition) is 0. The topological polar surface area (TPSA) is 51.2 Å². The maximum atomic E-state index is 12.5. The molecule has 0 radical (unpaired) electrons. The summed E-state index contributed by atoms with van der Waals surface area (Å²) in [4.78, 5) is 14.3. The number of hydrogen-bond acceptors (Lipinski definition) is 5. The molecule has 0 unspecified atom stereocenters. The van der Waals surface area contributed by atoms with Crippen molar-refractivity contribution < 1.29 is 19.0 Å². The van der Waals surface area contributed by atoms with Gasteiger partial charge in [-0.2, -0.15) is 4.42 Å². The molecule has 0 spiro atoms. The summed E-state index contributed by atoms with van der Waals surface area (Å²) in [6, 6.07) is 0.